The van der Waals surface area contributed by atoms with Gasteiger partial charge in [0.2, 0.25) is 5.91 Å². The Morgan fingerprint density at radius 1 is 1.19 bits per heavy atom. The molecule has 1 atom stereocenters. The van der Waals surface area contributed by atoms with Crippen molar-refractivity contribution in [3.05, 3.63) is 35.4 Å². The van der Waals surface area contributed by atoms with Crippen LogP contribution in [0.4, 0.5) is 0 Å². The normalized spacial score (nSPS) is 18.0. The van der Waals surface area contributed by atoms with Crippen LogP contribution in [0.15, 0.2) is 24.3 Å². The van der Waals surface area contributed by atoms with E-state index < -0.39 is 0 Å². The molecule has 21 heavy (non-hydrogen) atoms. The van der Waals surface area contributed by atoms with Gasteiger partial charge in [0.1, 0.15) is 0 Å². The quantitative estimate of drug-likeness (QED) is 0.814. The van der Waals surface area contributed by atoms with Crippen molar-refractivity contribution in [2.75, 3.05) is 6.54 Å². The predicted octanol–water partition coefficient (Wildman–Crippen LogP) is 3.48. The van der Waals surface area contributed by atoms with Crippen LogP contribution in [0.1, 0.15) is 62.6 Å². The van der Waals surface area contributed by atoms with E-state index in [1.54, 1.807) is 0 Å². The summed E-state index contributed by atoms with van der Waals surface area (Å²) >= 11 is 0. The molecule has 1 saturated carbocycles. The van der Waals surface area contributed by atoms with Gasteiger partial charge >= 0.3 is 0 Å². The fraction of sp³-hybridized carbons (Fsp3) is 0.611. The molecule has 1 unspecified atom stereocenters. The fourth-order valence-electron chi connectivity index (χ4n) is 3.13. The summed E-state index contributed by atoms with van der Waals surface area (Å²) in [5.41, 5.74) is 2.53. The van der Waals surface area contributed by atoms with E-state index in [4.69, 9.17) is 0 Å². The molecule has 3 nitrogen and oxygen atoms in total. The maximum Gasteiger partial charge on any atom is 0.234 e. The van der Waals surface area contributed by atoms with Gasteiger partial charge in [-0.05, 0) is 37.8 Å². The summed E-state index contributed by atoms with van der Waals surface area (Å²) in [7, 11) is 0. The minimum atomic E-state index is 0.127. The summed E-state index contributed by atoms with van der Waals surface area (Å²) in [4.78, 5) is 12.1. The van der Waals surface area contributed by atoms with Crippen molar-refractivity contribution >= 4 is 5.91 Å². The minimum absolute atomic E-state index is 0.127. The molecule has 0 radical (unpaired) electrons. The highest BCUT2D eigenvalue weighted by Crippen LogP contribution is 2.18. The highest BCUT2D eigenvalue weighted by molar-refractivity contribution is 5.78. The Morgan fingerprint density at radius 2 is 1.86 bits per heavy atom. The monoisotopic (exact) mass is 288 g/mol. The Kier molecular flexibility index (Phi) is 6.24. The maximum atomic E-state index is 12.1. The zero-order valence-corrected chi connectivity index (χ0v) is 13.3. The van der Waals surface area contributed by atoms with Gasteiger partial charge in [0.05, 0.1) is 6.54 Å². The van der Waals surface area contributed by atoms with E-state index in [1.165, 1.54) is 36.8 Å². The Morgan fingerprint density at radius 3 is 2.52 bits per heavy atom. The lowest BCUT2D eigenvalue weighted by molar-refractivity contribution is -0.121. The standard InChI is InChI=1S/C18H28N2O/c1-14-9-7-8-12-17(14)15(2)19-13-18(21)20-16-10-5-3-4-6-11-16/h7-9,12,15-16,19H,3-6,10-11,13H2,1-2H3,(H,20,21). The van der Waals surface area contributed by atoms with Crippen molar-refractivity contribution in [2.24, 2.45) is 0 Å². The summed E-state index contributed by atoms with van der Waals surface area (Å²) in [5.74, 6) is 0.127. The second-order valence-corrected chi connectivity index (χ2v) is 6.22. The molecule has 0 aromatic heterocycles. The number of benzene rings is 1. The zero-order chi connectivity index (χ0) is 15.1. The molecule has 1 aliphatic carbocycles. The Labute approximate surface area is 128 Å². The number of hydrogen-bond acceptors (Lipinski definition) is 2. The molecule has 0 aliphatic heterocycles. The lowest BCUT2D eigenvalue weighted by Gasteiger charge is -2.19. The number of hydrogen-bond donors (Lipinski definition) is 2. The van der Waals surface area contributed by atoms with E-state index in [1.807, 2.05) is 12.1 Å². The highest BCUT2D eigenvalue weighted by atomic mass is 16.1. The van der Waals surface area contributed by atoms with E-state index >= 15 is 0 Å². The second kappa shape index (κ2) is 8.18. The number of amides is 1. The van der Waals surface area contributed by atoms with E-state index in [0.717, 1.165) is 12.8 Å². The minimum Gasteiger partial charge on any atom is -0.352 e. The number of nitrogens with one attached hydrogen (secondary N) is 2. The molecule has 0 saturated heterocycles. The smallest absolute Gasteiger partial charge is 0.234 e. The van der Waals surface area contributed by atoms with Crippen LogP contribution in [0.5, 0.6) is 0 Å². The van der Waals surface area contributed by atoms with Gasteiger partial charge in [0, 0.05) is 12.1 Å². The molecule has 116 valence electrons. The van der Waals surface area contributed by atoms with Gasteiger partial charge in [0.15, 0.2) is 0 Å². The molecule has 0 bridgehead atoms. The third-order valence-electron chi connectivity index (χ3n) is 4.44. The first-order valence-corrected chi connectivity index (χ1v) is 8.25. The third-order valence-corrected chi connectivity index (χ3v) is 4.44. The van der Waals surface area contributed by atoms with E-state index in [0.29, 0.717) is 12.6 Å². The lowest BCUT2D eigenvalue weighted by Crippen LogP contribution is -2.40. The molecule has 1 fully saturated rings. The average Bonchev–Trinajstić information content (AvgIpc) is 2.74. The fourth-order valence-corrected chi connectivity index (χ4v) is 3.13. The van der Waals surface area contributed by atoms with E-state index in [-0.39, 0.29) is 11.9 Å². The van der Waals surface area contributed by atoms with Crippen molar-refractivity contribution in [3.63, 3.8) is 0 Å². The SMILES string of the molecule is Cc1ccccc1C(C)NCC(=O)NC1CCCCCC1. The predicted molar refractivity (Wildman–Crippen MR) is 87.2 cm³/mol. The van der Waals surface area contributed by atoms with Gasteiger partial charge in [-0.3, -0.25) is 4.79 Å². The van der Waals surface area contributed by atoms with E-state index in [9.17, 15) is 4.79 Å². The summed E-state index contributed by atoms with van der Waals surface area (Å²) in [5, 5.41) is 6.51. The molecule has 0 heterocycles. The molecule has 2 N–H and O–H groups in total. The molecule has 1 aromatic rings. The highest BCUT2D eigenvalue weighted by Gasteiger charge is 2.15. The number of carbonyl (C=O) groups is 1. The van der Waals surface area contributed by atoms with Gasteiger partial charge in [0.25, 0.3) is 0 Å². The van der Waals surface area contributed by atoms with Crippen LogP contribution in [0.2, 0.25) is 0 Å². The van der Waals surface area contributed by atoms with E-state index in [2.05, 4.69) is 36.6 Å². The molecule has 0 spiro atoms. The number of aryl methyl sites for hydroxylation is 1. The number of carbonyl (C=O) groups excluding carboxylic acids is 1. The maximum absolute atomic E-state index is 12.1. The van der Waals surface area contributed by atoms with Gasteiger partial charge in [-0.1, -0.05) is 49.9 Å². The Bertz CT molecular complexity index is 450. The Hall–Kier alpha value is -1.35. The first kappa shape index (κ1) is 16.0. The van der Waals surface area contributed by atoms with Crippen LogP contribution in [0.25, 0.3) is 0 Å². The molecular weight excluding hydrogens is 260 g/mol. The average molecular weight is 288 g/mol. The van der Waals surface area contributed by atoms with Crippen LogP contribution in [0, 0.1) is 6.92 Å². The molecule has 3 heteroatoms. The van der Waals surface area contributed by atoms with Crippen molar-refractivity contribution < 1.29 is 4.79 Å². The van der Waals surface area contributed by atoms with Crippen LogP contribution in [-0.2, 0) is 4.79 Å². The molecular formula is C18H28N2O. The summed E-state index contributed by atoms with van der Waals surface area (Å²) < 4.78 is 0. The van der Waals surface area contributed by atoms with Crippen molar-refractivity contribution in [1.29, 1.82) is 0 Å². The molecule has 2 rings (SSSR count). The lowest BCUT2D eigenvalue weighted by atomic mass is 10.0. The molecule has 1 aromatic carbocycles. The zero-order valence-electron chi connectivity index (χ0n) is 13.3. The summed E-state index contributed by atoms with van der Waals surface area (Å²) in [6, 6.07) is 8.91. The van der Waals surface area contributed by atoms with Crippen LogP contribution < -0.4 is 10.6 Å². The van der Waals surface area contributed by atoms with Crippen LogP contribution in [0.3, 0.4) is 0 Å². The number of rotatable bonds is 5. The Balaban J connectivity index is 1.76. The van der Waals surface area contributed by atoms with Crippen LogP contribution >= 0.6 is 0 Å². The topological polar surface area (TPSA) is 41.1 Å². The first-order chi connectivity index (χ1) is 10.2. The summed E-state index contributed by atoms with van der Waals surface area (Å²) in [6.07, 6.45) is 7.40. The van der Waals surface area contributed by atoms with Crippen molar-refractivity contribution in [1.82, 2.24) is 10.6 Å². The summed E-state index contributed by atoms with van der Waals surface area (Å²) in [6.45, 7) is 4.62. The second-order valence-electron chi connectivity index (χ2n) is 6.22. The first-order valence-electron chi connectivity index (χ1n) is 8.25. The van der Waals surface area contributed by atoms with Gasteiger partial charge in [-0.15, -0.1) is 0 Å². The van der Waals surface area contributed by atoms with Crippen LogP contribution in [-0.4, -0.2) is 18.5 Å². The molecule has 1 aliphatic rings. The largest absolute Gasteiger partial charge is 0.352 e. The third kappa shape index (κ3) is 5.16. The van der Waals surface area contributed by atoms with Crippen molar-refractivity contribution in [2.45, 2.75) is 64.5 Å². The van der Waals surface area contributed by atoms with Crippen molar-refractivity contribution in [3.8, 4) is 0 Å². The van der Waals surface area contributed by atoms with Gasteiger partial charge < -0.3 is 10.6 Å². The molecule has 1 amide bonds. The van der Waals surface area contributed by atoms with Gasteiger partial charge in [-0.25, -0.2) is 0 Å². The van der Waals surface area contributed by atoms with Gasteiger partial charge in [-0.2, -0.15) is 0 Å².